The topological polar surface area (TPSA) is 68.0 Å². The zero-order valence-electron chi connectivity index (χ0n) is 10.4. The maximum atomic E-state index is 12.1. The van der Waals surface area contributed by atoms with Crippen molar-refractivity contribution in [1.29, 1.82) is 0 Å². The van der Waals surface area contributed by atoms with E-state index < -0.39 is 0 Å². The molecular formula is C14H14BrN3O. The molecule has 98 valence electrons. The fourth-order valence-corrected chi connectivity index (χ4v) is 2.06. The average molecular weight is 320 g/mol. The number of pyridine rings is 1. The van der Waals surface area contributed by atoms with Crippen LogP contribution < -0.4 is 11.1 Å². The van der Waals surface area contributed by atoms with Gasteiger partial charge in [0, 0.05) is 28.1 Å². The molecule has 0 aliphatic rings. The number of amides is 1. The number of rotatable bonds is 3. The predicted octanol–water partition coefficient (Wildman–Crippen LogP) is 2.92. The fraction of sp³-hybridized carbons (Fsp3) is 0.143. The van der Waals surface area contributed by atoms with Crippen LogP contribution in [0.25, 0.3) is 0 Å². The monoisotopic (exact) mass is 319 g/mol. The number of hydrogen-bond donors (Lipinski definition) is 2. The highest BCUT2D eigenvalue weighted by atomic mass is 79.9. The lowest BCUT2D eigenvalue weighted by molar-refractivity contribution is 0.0940. The standard InChI is InChI=1S/C14H14BrN3O/c1-9(10-4-6-17-7-5-10)18-14(19)11-2-3-13(16)12(15)8-11/h2-9H,16H2,1H3,(H,18,19). The second kappa shape index (κ2) is 5.84. The number of nitrogens with two attached hydrogens (primary N) is 1. The van der Waals surface area contributed by atoms with E-state index in [1.54, 1.807) is 30.6 Å². The average Bonchev–Trinajstić information content (AvgIpc) is 2.42. The molecule has 3 N–H and O–H groups in total. The lowest BCUT2D eigenvalue weighted by Gasteiger charge is -2.14. The van der Waals surface area contributed by atoms with Crippen molar-refractivity contribution in [3.63, 3.8) is 0 Å². The smallest absolute Gasteiger partial charge is 0.251 e. The van der Waals surface area contributed by atoms with E-state index in [0.29, 0.717) is 11.3 Å². The lowest BCUT2D eigenvalue weighted by atomic mass is 10.1. The van der Waals surface area contributed by atoms with Crippen LogP contribution in [0.2, 0.25) is 0 Å². The van der Waals surface area contributed by atoms with Gasteiger partial charge < -0.3 is 11.1 Å². The highest BCUT2D eigenvalue weighted by molar-refractivity contribution is 9.10. The van der Waals surface area contributed by atoms with Crippen molar-refractivity contribution < 1.29 is 4.79 Å². The first kappa shape index (κ1) is 13.5. The Morgan fingerprint density at radius 2 is 2.00 bits per heavy atom. The summed E-state index contributed by atoms with van der Waals surface area (Å²) in [6.45, 7) is 1.93. The number of nitrogens with one attached hydrogen (secondary N) is 1. The lowest BCUT2D eigenvalue weighted by Crippen LogP contribution is -2.26. The Morgan fingerprint density at radius 3 is 2.63 bits per heavy atom. The Hall–Kier alpha value is -1.88. The van der Waals surface area contributed by atoms with E-state index in [9.17, 15) is 4.79 Å². The van der Waals surface area contributed by atoms with Gasteiger partial charge in [0.05, 0.1) is 6.04 Å². The number of carbonyl (C=O) groups is 1. The van der Waals surface area contributed by atoms with Crippen molar-refractivity contribution in [2.45, 2.75) is 13.0 Å². The number of anilines is 1. The summed E-state index contributed by atoms with van der Waals surface area (Å²) >= 11 is 3.31. The normalized spacial score (nSPS) is 11.9. The van der Waals surface area contributed by atoms with E-state index in [-0.39, 0.29) is 11.9 Å². The van der Waals surface area contributed by atoms with E-state index in [2.05, 4.69) is 26.2 Å². The Morgan fingerprint density at radius 1 is 1.32 bits per heavy atom. The molecule has 19 heavy (non-hydrogen) atoms. The number of benzene rings is 1. The van der Waals surface area contributed by atoms with Crippen molar-refractivity contribution in [3.8, 4) is 0 Å². The SMILES string of the molecule is CC(NC(=O)c1ccc(N)c(Br)c1)c1ccncc1. The van der Waals surface area contributed by atoms with Gasteiger partial charge in [-0.2, -0.15) is 0 Å². The number of hydrogen-bond acceptors (Lipinski definition) is 3. The molecule has 4 nitrogen and oxygen atoms in total. The molecule has 1 heterocycles. The predicted molar refractivity (Wildman–Crippen MR) is 78.7 cm³/mol. The number of carbonyl (C=O) groups excluding carboxylic acids is 1. The molecule has 2 rings (SSSR count). The Kier molecular flexibility index (Phi) is 4.16. The molecule has 1 amide bonds. The Balaban J connectivity index is 2.11. The van der Waals surface area contributed by atoms with Gasteiger partial charge in [0.25, 0.3) is 5.91 Å². The number of aromatic nitrogens is 1. The minimum absolute atomic E-state index is 0.0770. The molecule has 0 aliphatic heterocycles. The first-order chi connectivity index (χ1) is 9.08. The summed E-state index contributed by atoms with van der Waals surface area (Å²) in [6, 6.07) is 8.80. The third-order valence-corrected chi connectivity index (χ3v) is 3.50. The maximum Gasteiger partial charge on any atom is 0.251 e. The molecule has 0 spiro atoms. The first-order valence-electron chi connectivity index (χ1n) is 5.83. The highest BCUT2D eigenvalue weighted by Crippen LogP contribution is 2.21. The van der Waals surface area contributed by atoms with Gasteiger partial charge in [-0.05, 0) is 58.7 Å². The minimum Gasteiger partial charge on any atom is -0.398 e. The second-order valence-corrected chi connectivity index (χ2v) is 5.07. The summed E-state index contributed by atoms with van der Waals surface area (Å²) in [7, 11) is 0. The minimum atomic E-state index is -0.134. The largest absolute Gasteiger partial charge is 0.398 e. The van der Waals surface area contributed by atoms with Crippen LogP contribution in [-0.2, 0) is 0 Å². The van der Waals surface area contributed by atoms with Gasteiger partial charge in [-0.1, -0.05) is 0 Å². The van der Waals surface area contributed by atoms with E-state index in [0.717, 1.165) is 10.0 Å². The van der Waals surface area contributed by atoms with Crippen LogP contribution >= 0.6 is 15.9 Å². The van der Waals surface area contributed by atoms with Crippen LogP contribution in [0.4, 0.5) is 5.69 Å². The van der Waals surface area contributed by atoms with Crippen molar-refractivity contribution in [1.82, 2.24) is 10.3 Å². The summed E-state index contributed by atoms with van der Waals surface area (Å²) < 4.78 is 0.719. The third kappa shape index (κ3) is 3.32. The highest BCUT2D eigenvalue weighted by Gasteiger charge is 2.12. The number of nitrogens with zero attached hydrogens (tertiary/aromatic N) is 1. The van der Waals surface area contributed by atoms with Crippen LogP contribution in [0, 0.1) is 0 Å². The van der Waals surface area contributed by atoms with Crippen LogP contribution in [0.1, 0.15) is 28.9 Å². The molecule has 0 saturated heterocycles. The van der Waals surface area contributed by atoms with Crippen molar-refractivity contribution in [2.24, 2.45) is 0 Å². The maximum absolute atomic E-state index is 12.1. The van der Waals surface area contributed by atoms with Gasteiger partial charge in [-0.15, -0.1) is 0 Å². The fourth-order valence-electron chi connectivity index (χ4n) is 1.68. The summed E-state index contributed by atoms with van der Waals surface area (Å²) in [5, 5.41) is 2.93. The molecule has 1 unspecified atom stereocenters. The van der Waals surface area contributed by atoms with E-state index in [1.807, 2.05) is 19.1 Å². The zero-order valence-corrected chi connectivity index (χ0v) is 12.0. The zero-order chi connectivity index (χ0) is 13.8. The van der Waals surface area contributed by atoms with Crippen molar-refractivity contribution in [2.75, 3.05) is 5.73 Å². The number of halogens is 1. The molecule has 0 aliphatic carbocycles. The summed E-state index contributed by atoms with van der Waals surface area (Å²) in [5.74, 6) is -0.134. The van der Waals surface area contributed by atoms with Gasteiger partial charge in [-0.3, -0.25) is 9.78 Å². The van der Waals surface area contributed by atoms with E-state index in [4.69, 9.17) is 5.73 Å². The van der Waals surface area contributed by atoms with Crippen molar-refractivity contribution >= 4 is 27.5 Å². The molecule has 2 aromatic rings. The second-order valence-electron chi connectivity index (χ2n) is 4.21. The van der Waals surface area contributed by atoms with Crippen LogP contribution in [-0.4, -0.2) is 10.9 Å². The van der Waals surface area contributed by atoms with Gasteiger partial charge in [0.1, 0.15) is 0 Å². The van der Waals surface area contributed by atoms with Crippen LogP contribution in [0.5, 0.6) is 0 Å². The molecule has 0 radical (unpaired) electrons. The molecule has 5 heteroatoms. The molecule has 0 saturated carbocycles. The van der Waals surface area contributed by atoms with Gasteiger partial charge >= 0.3 is 0 Å². The molecule has 1 atom stereocenters. The van der Waals surface area contributed by atoms with Gasteiger partial charge in [-0.25, -0.2) is 0 Å². The Labute approximate surface area is 120 Å². The molecule has 1 aromatic heterocycles. The molecule has 0 fully saturated rings. The Bertz CT molecular complexity index is 586. The first-order valence-corrected chi connectivity index (χ1v) is 6.63. The van der Waals surface area contributed by atoms with Crippen molar-refractivity contribution in [3.05, 3.63) is 58.3 Å². The third-order valence-electron chi connectivity index (χ3n) is 2.82. The quantitative estimate of drug-likeness (QED) is 0.855. The molecular weight excluding hydrogens is 306 g/mol. The summed E-state index contributed by atoms with van der Waals surface area (Å²) in [6.07, 6.45) is 3.41. The number of nitrogen functional groups attached to an aromatic ring is 1. The van der Waals surface area contributed by atoms with Crippen LogP contribution in [0.3, 0.4) is 0 Å². The van der Waals surface area contributed by atoms with E-state index >= 15 is 0 Å². The van der Waals surface area contributed by atoms with Crippen LogP contribution in [0.15, 0.2) is 47.2 Å². The van der Waals surface area contributed by atoms with Gasteiger partial charge in [0.15, 0.2) is 0 Å². The summed E-state index contributed by atoms with van der Waals surface area (Å²) in [4.78, 5) is 16.1. The van der Waals surface area contributed by atoms with E-state index in [1.165, 1.54) is 0 Å². The molecule has 1 aromatic carbocycles. The molecule has 0 bridgehead atoms. The summed E-state index contributed by atoms with van der Waals surface area (Å²) in [5.41, 5.74) is 7.89. The van der Waals surface area contributed by atoms with Gasteiger partial charge in [0.2, 0.25) is 0 Å².